The van der Waals surface area contributed by atoms with Gasteiger partial charge in [0.05, 0.1) is 30.5 Å². The lowest BCUT2D eigenvalue weighted by Gasteiger charge is -2.30. The smallest absolute Gasteiger partial charge is 0.265 e. The van der Waals surface area contributed by atoms with E-state index in [9.17, 15) is 9.90 Å². The summed E-state index contributed by atoms with van der Waals surface area (Å²) in [5, 5.41) is 18.2. The predicted octanol–water partition coefficient (Wildman–Crippen LogP) is 1.98. The van der Waals surface area contributed by atoms with Crippen LogP contribution in [-0.2, 0) is 17.9 Å². The number of carbonyl (C=O) groups is 1. The molecule has 1 heterocycles. The van der Waals surface area contributed by atoms with Gasteiger partial charge < -0.3 is 14.7 Å². The number of ether oxygens (including phenoxy) is 1. The first-order chi connectivity index (χ1) is 10.7. The molecule has 3 rings (SSSR count). The molecule has 0 aromatic heterocycles. The van der Waals surface area contributed by atoms with Crippen molar-refractivity contribution in [2.75, 3.05) is 11.5 Å². The van der Waals surface area contributed by atoms with E-state index >= 15 is 0 Å². The Morgan fingerprint density at radius 1 is 1.23 bits per heavy atom. The molecule has 1 amide bonds. The Kier molecular flexibility index (Phi) is 3.77. The largest absolute Gasteiger partial charge is 0.482 e. The zero-order valence-electron chi connectivity index (χ0n) is 11.8. The number of carbonyl (C=O) groups excluding carboxylic acids is 1. The van der Waals surface area contributed by atoms with Gasteiger partial charge in [0, 0.05) is 0 Å². The fourth-order valence-corrected chi connectivity index (χ4v) is 2.44. The molecule has 5 nitrogen and oxygen atoms in total. The van der Waals surface area contributed by atoms with E-state index in [1.807, 2.05) is 6.07 Å². The van der Waals surface area contributed by atoms with Crippen molar-refractivity contribution >= 4 is 11.6 Å². The van der Waals surface area contributed by atoms with E-state index in [0.717, 1.165) is 5.56 Å². The molecule has 0 bridgehead atoms. The molecular formula is C17H14N2O3. The van der Waals surface area contributed by atoms with Gasteiger partial charge in [0.25, 0.3) is 5.91 Å². The lowest BCUT2D eigenvalue weighted by atomic mass is 10.1. The number of aliphatic hydroxyl groups excluding tert-OH is 1. The van der Waals surface area contributed by atoms with Crippen LogP contribution in [0.2, 0.25) is 0 Å². The SMILES string of the molecule is N#Cc1cccc(CN2C(=O)COc3ccc(CO)cc32)c1. The van der Waals surface area contributed by atoms with Gasteiger partial charge in [-0.3, -0.25) is 4.79 Å². The normalized spacial score (nSPS) is 13.3. The van der Waals surface area contributed by atoms with E-state index in [0.29, 0.717) is 29.1 Å². The molecule has 5 heteroatoms. The Bertz CT molecular complexity index is 765. The van der Waals surface area contributed by atoms with Crippen LogP contribution in [0, 0.1) is 11.3 Å². The van der Waals surface area contributed by atoms with Gasteiger partial charge in [-0.25, -0.2) is 0 Å². The molecule has 1 aliphatic heterocycles. The number of benzene rings is 2. The Balaban J connectivity index is 1.96. The molecule has 1 N–H and O–H groups in total. The summed E-state index contributed by atoms with van der Waals surface area (Å²) in [5.74, 6) is 0.471. The molecule has 0 saturated heterocycles. The van der Waals surface area contributed by atoms with Gasteiger partial charge in [0.1, 0.15) is 5.75 Å². The molecule has 0 aliphatic carbocycles. The van der Waals surface area contributed by atoms with Crippen molar-refractivity contribution in [3.05, 3.63) is 59.2 Å². The number of aliphatic hydroxyl groups is 1. The van der Waals surface area contributed by atoms with Crippen LogP contribution in [0.15, 0.2) is 42.5 Å². The third-order valence-corrected chi connectivity index (χ3v) is 3.55. The van der Waals surface area contributed by atoms with Gasteiger partial charge >= 0.3 is 0 Å². The zero-order chi connectivity index (χ0) is 15.5. The molecule has 2 aromatic rings. The fourth-order valence-electron chi connectivity index (χ4n) is 2.44. The lowest BCUT2D eigenvalue weighted by Crippen LogP contribution is -2.38. The van der Waals surface area contributed by atoms with Crippen molar-refractivity contribution in [3.8, 4) is 11.8 Å². The van der Waals surface area contributed by atoms with Crippen LogP contribution in [0.1, 0.15) is 16.7 Å². The van der Waals surface area contributed by atoms with Gasteiger partial charge in [0.2, 0.25) is 0 Å². The summed E-state index contributed by atoms with van der Waals surface area (Å²) in [5.41, 5.74) is 2.79. The molecule has 2 aromatic carbocycles. The van der Waals surface area contributed by atoms with Crippen molar-refractivity contribution in [2.45, 2.75) is 13.2 Å². The number of nitriles is 1. The van der Waals surface area contributed by atoms with E-state index in [-0.39, 0.29) is 19.1 Å². The van der Waals surface area contributed by atoms with Gasteiger partial charge in [-0.1, -0.05) is 18.2 Å². The number of amides is 1. The average Bonchev–Trinajstić information content (AvgIpc) is 2.57. The first kappa shape index (κ1) is 14.1. The minimum absolute atomic E-state index is 0.0105. The quantitative estimate of drug-likeness (QED) is 0.939. The van der Waals surface area contributed by atoms with Crippen molar-refractivity contribution in [2.24, 2.45) is 0 Å². The van der Waals surface area contributed by atoms with E-state index < -0.39 is 0 Å². The van der Waals surface area contributed by atoms with Crippen molar-refractivity contribution in [1.82, 2.24) is 0 Å². The number of nitrogens with zero attached hydrogens (tertiary/aromatic N) is 2. The van der Waals surface area contributed by atoms with E-state index in [1.165, 1.54) is 0 Å². The van der Waals surface area contributed by atoms with Crippen molar-refractivity contribution in [3.63, 3.8) is 0 Å². The maximum atomic E-state index is 12.2. The molecule has 1 aliphatic rings. The highest BCUT2D eigenvalue weighted by Gasteiger charge is 2.25. The summed E-state index contributed by atoms with van der Waals surface area (Å²) in [6, 6.07) is 14.5. The van der Waals surface area contributed by atoms with Gasteiger partial charge in [-0.2, -0.15) is 5.26 Å². The second kappa shape index (κ2) is 5.88. The summed E-state index contributed by atoms with van der Waals surface area (Å²) >= 11 is 0. The number of rotatable bonds is 3. The second-order valence-electron chi connectivity index (χ2n) is 5.04. The Morgan fingerprint density at radius 3 is 2.86 bits per heavy atom. The summed E-state index contributed by atoms with van der Waals surface area (Å²) in [4.78, 5) is 13.8. The third kappa shape index (κ3) is 2.65. The molecule has 0 saturated carbocycles. The Labute approximate surface area is 128 Å². The van der Waals surface area contributed by atoms with E-state index in [1.54, 1.807) is 41.3 Å². The van der Waals surface area contributed by atoms with Crippen LogP contribution >= 0.6 is 0 Å². The molecule has 0 fully saturated rings. The monoisotopic (exact) mass is 294 g/mol. The zero-order valence-corrected chi connectivity index (χ0v) is 11.8. The lowest BCUT2D eigenvalue weighted by molar-refractivity contribution is -0.121. The summed E-state index contributed by atoms with van der Waals surface area (Å²) in [7, 11) is 0. The number of hydrogen-bond acceptors (Lipinski definition) is 4. The maximum Gasteiger partial charge on any atom is 0.265 e. The van der Waals surface area contributed by atoms with Crippen LogP contribution in [-0.4, -0.2) is 17.6 Å². The molecule has 110 valence electrons. The fraction of sp³-hybridized carbons (Fsp3) is 0.176. The maximum absolute atomic E-state index is 12.2. The van der Waals surface area contributed by atoms with Crippen LogP contribution in [0.4, 0.5) is 5.69 Å². The summed E-state index contributed by atoms with van der Waals surface area (Å²) < 4.78 is 5.42. The topological polar surface area (TPSA) is 73.6 Å². The molecule has 22 heavy (non-hydrogen) atoms. The van der Waals surface area contributed by atoms with Crippen LogP contribution in [0.25, 0.3) is 0 Å². The minimum Gasteiger partial charge on any atom is -0.482 e. The predicted molar refractivity (Wildman–Crippen MR) is 80.2 cm³/mol. The van der Waals surface area contributed by atoms with Crippen LogP contribution < -0.4 is 9.64 Å². The molecule has 0 spiro atoms. The second-order valence-corrected chi connectivity index (χ2v) is 5.04. The number of anilines is 1. The molecule has 0 unspecified atom stereocenters. The Hall–Kier alpha value is -2.84. The first-order valence-corrected chi connectivity index (χ1v) is 6.87. The molecular weight excluding hydrogens is 280 g/mol. The molecule has 0 atom stereocenters. The van der Waals surface area contributed by atoms with Crippen LogP contribution in [0.3, 0.4) is 0 Å². The Morgan fingerprint density at radius 2 is 2.09 bits per heavy atom. The van der Waals surface area contributed by atoms with Crippen LogP contribution in [0.5, 0.6) is 5.75 Å². The third-order valence-electron chi connectivity index (χ3n) is 3.55. The van der Waals surface area contributed by atoms with E-state index in [4.69, 9.17) is 10.00 Å². The average molecular weight is 294 g/mol. The van der Waals surface area contributed by atoms with Crippen molar-refractivity contribution in [1.29, 1.82) is 5.26 Å². The standard InChI is InChI=1S/C17H14N2O3/c18-8-12-2-1-3-13(6-12)9-19-15-7-14(10-20)4-5-16(15)22-11-17(19)21/h1-7,20H,9-11H2. The summed E-state index contributed by atoms with van der Waals surface area (Å²) in [6.07, 6.45) is 0. The van der Waals surface area contributed by atoms with Gasteiger partial charge in [-0.05, 0) is 35.4 Å². The molecule has 0 radical (unpaired) electrons. The highest BCUT2D eigenvalue weighted by Crippen LogP contribution is 2.34. The van der Waals surface area contributed by atoms with E-state index in [2.05, 4.69) is 6.07 Å². The van der Waals surface area contributed by atoms with Gasteiger partial charge in [0.15, 0.2) is 6.61 Å². The summed E-state index contributed by atoms with van der Waals surface area (Å²) in [6.45, 7) is 0.252. The number of fused-ring (bicyclic) bond motifs is 1. The van der Waals surface area contributed by atoms with Crippen molar-refractivity contribution < 1.29 is 14.6 Å². The highest BCUT2D eigenvalue weighted by atomic mass is 16.5. The minimum atomic E-state index is -0.148. The highest BCUT2D eigenvalue weighted by molar-refractivity contribution is 5.97. The first-order valence-electron chi connectivity index (χ1n) is 6.87. The number of hydrogen-bond donors (Lipinski definition) is 1. The van der Waals surface area contributed by atoms with Gasteiger partial charge in [-0.15, -0.1) is 0 Å².